The molecule has 2 aliphatic rings. The van der Waals surface area contributed by atoms with Gasteiger partial charge in [0, 0.05) is 18.6 Å². The molecule has 0 radical (unpaired) electrons. The minimum Gasteiger partial charge on any atom is -0.477 e. The molecule has 1 fully saturated rings. The number of anilines is 1. The molecule has 2 atom stereocenters. The number of β-lactam (4-membered cyclic amide) rings is 1. The molecule has 14 nitrogen and oxygen atoms in total. The summed E-state index contributed by atoms with van der Waals surface area (Å²) >= 11 is 2.63. The summed E-state index contributed by atoms with van der Waals surface area (Å²) in [5, 5.41) is 27.5. The number of carbonyl (C=O) groups is 3. The van der Waals surface area contributed by atoms with E-state index in [4.69, 9.17) is 10.6 Å². The van der Waals surface area contributed by atoms with Crippen molar-refractivity contribution in [2.45, 2.75) is 36.5 Å². The molecular weight excluding hydrogens is 510 g/mol. The summed E-state index contributed by atoms with van der Waals surface area (Å²) in [4.78, 5) is 48.8. The first kappa shape index (κ1) is 25.4. The predicted molar refractivity (Wildman–Crippen MR) is 131 cm³/mol. The lowest BCUT2D eigenvalue weighted by molar-refractivity contribution is -0.150. The molecule has 1 saturated heterocycles. The number of carboxylic acid groups (broad SMARTS) is 1. The maximum atomic E-state index is 13.1. The number of hydrogen-bond acceptors (Lipinski definition) is 12. The summed E-state index contributed by atoms with van der Waals surface area (Å²) < 4.78 is 1.47. The topological polar surface area (TPSA) is 191 Å². The summed E-state index contributed by atoms with van der Waals surface area (Å²) in [7, 11) is 1.68. The molecule has 16 heteroatoms. The molecule has 4 heterocycles. The van der Waals surface area contributed by atoms with Gasteiger partial charge in [0.15, 0.2) is 5.71 Å². The number of aryl methyl sites for hydroxylation is 1. The van der Waals surface area contributed by atoms with Crippen LogP contribution in [-0.2, 0) is 26.3 Å². The van der Waals surface area contributed by atoms with Crippen molar-refractivity contribution >= 4 is 52.8 Å². The summed E-state index contributed by atoms with van der Waals surface area (Å²) in [6.45, 7) is 3.49. The van der Waals surface area contributed by atoms with Crippen LogP contribution in [0.25, 0.3) is 0 Å². The molecule has 2 aromatic rings. The zero-order valence-corrected chi connectivity index (χ0v) is 21.1. The molecule has 2 aliphatic heterocycles. The second-order valence-electron chi connectivity index (χ2n) is 8.03. The van der Waals surface area contributed by atoms with Crippen molar-refractivity contribution in [2.24, 2.45) is 12.2 Å². The molecule has 0 aromatic carbocycles. The molecule has 190 valence electrons. The number of carboxylic acids is 1. The fraction of sp³-hybridized carbons (Fsp3) is 0.400. The minimum atomic E-state index is -1.22. The number of aliphatic carboxylic acids is 1. The Morgan fingerprint density at radius 3 is 2.83 bits per heavy atom. The van der Waals surface area contributed by atoms with Gasteiger partial charge in [0.2, 0.25) is 5.16 Å². The number of fused-ring (bicyclic) bond motifs is 1. The van der Waals surface area contributed by atoms with Gasteiger partial charge >= 0.3 is 5.97 Å². The number of nitrogens with one attached hydrogen (secondary N) is 1. The van der Waals surface area contributed by atoms with Crippen LogP contribution in [0, 0.1) is 0 Å². The number of tetrazole rings is 1. The van der Waals surface area contributed by atoms with Crippen molar-refractivity contribution < 1.29 is 24.3 Å². The van der Waals surface area contributed by atoms with Gasteiger partial charge in [-0.1, -0.05) is 23.0 Å². The summed E-state index contributed by atoms with van der Waals surface area (Å²) in [6.07, 6.45) is -0.305. The van der Waals surface area contributed by atoms with Gasteiger partial charge in [-0.2, -0.15) is 0 Å². The van der Waals surface area contributed by atoms with Crippen LogP contribution < -0.4 is 11.1 Å². The molecule has 36 heavy (non-hydrogen) atoms. The van der Waals surface area contributed by atoms with Crippen molar-refractivity contribution in [1.29, 1.82) is 0 Å². The molecule has 4 rings (SSSR count). The Morgan fingerprint density at radius 1 is 1.42 bits per heavy atom. The largest absolute Gasteiger partial charge is 0.477 e. The SMILES string of the molecule is CC(C)O/N=C(/C(=O)NC1C(=O)N2C(C(=O)O)=C(CSc3nnnn3C)CS[C@H]12)c1cccc(N)n1. The molecule has 0 spiro atoms. The number of aromatic nitrogens is 5. The minimum absolute atomic E-state index is 0.0913. The third-order valence-corrected chi connectivity index (χ3v) is 7.51. The van der Waals surface area contributed by atoms with E-state index in [9.17, 15) is 19.5 Å². The number of amides is 2. The van der Waals surface area contributed by atoms with Gasteiger partial charge in [0.25, 0.3) is 11.8 Å². The highest BCUT2D eigenvalue weighted by molar-refractivity contribution is 8.01. The van der Waals surface area contributed by atoms with E-state index in [2.05, 4.69) is 31.0 Å². The van der Waals surface area contributed by atoms with E-state index >= 15 is 0 Å². The molecule has 0 aliphatic carbocycles. The molecule has 4 N–H and O–H groups in total. The maximum Gasteiger partial charge on any atom is 0.352 e. The van der Waals surface area contributed by atoms with Crippen molar-refractivity contribution in [2.75, 3.05) is 17.2 Å². The number of nitrogens with zero attached hydrogens (tertiary/aromatic N) is 7. The lowest BCUT2D eigenvalue weighted by Gasteiger charge is -2.49. The van der Waals surface area contributed by atoms with Crippen LogP contribution in [0.3, 0.4) is 0 Å². The van der Waals surface area contributed by atoms with Crippen molar-refractivity contribution in [3.05, 3.63) is 35.2 Å². The predicted octanol–water partition coefficient (Wildman–Crippen LogP) is -0.153. The van der Waals surface area contributed by atoms with Crippen LogP contribution in [0.4, 0.5) is 5.82 Å². The van der Waals surface area contributed by atoms with Gasteiger partial charge in [-0.15, -0.1) is 16.9 Å². The Morgan fingerprint density at radius 2 is 2.19 bits per heavy atom. The number of pyridine rings is 1. The van der Waals surface area contributed by atoms with E-state index in [1.807, 2.05) is 0 Å². The van der Waals surface area contributed by atoms with Crippen LogP contribution >= 0.6 is 23.5 Å². The highest BCUT2D eigenvalue weighted by atomic mass is 32.2. The van der Waals surface area contributed by atoms with E-state index in [0.717, 1.165) is 0 Å². The quantitative estimate of drug-likeness (QED) is 0.167. The molecular formula is C20H23N9O5S2. The summed E-state index contributed by atoms with van der Waals surface area (Å²) in [6, 6.07) is 3.78. The maximum absolute atomic E-state index is 13.1. The lowest BCUT2D eigenvalue weighted by Crippen LogP contribution is -2.71. The molecule has 0 saturated carbocycles. The number of thioether (sulfide) groups is 2. The molecule has 0 bridgehead atoms. The Balaban J connectivity index is 1.51. The first-order valence-electron chi connectivity index (χ1n) is 10.7. The molecule has 2 amide bonds. The van der Waals surface area contributed by atoms with Gasteiger partial charge in [-0.05, 0) is 42.0 Å². The Labute approximate surface area is 213 Å². The van der Waals surface area contributed by atoms with Crippen LogP contribution in [0.15, 0.2) is 39.8 Å². The average molecular weight is 534 g/mol. The van der Waals surface area contributed by atoms with E-state index in [1.165, 1.54) is 33.1 Å². The van der Waals surface area contributed by atoms with E-state index in [-0.39, 0.29) is 29.0 Å². The van der Waals surface area contributed by atoms with E-state index < -0.39 is 29.2 Å². The Hall–Kier alpha value is -3.66. The second kappa shape index (κ2) is 10.5. The third kappa shape index (κ3) is 5.13. The van der Waals surface area contributed by atoms with Crippen LogP contribution in [-0.4, -0.2) is 87.7 Å². The van der Waals surface area contributed by atoms with Gasteiger partial charge in [-0.3, -0.25) is 14.5 Å². The number of nitrogens with two attached hydrogens (primary N) is 1. The average Bonchev–Trinajstić information content (AvgIpc) is 3.24. The Bertz CT molecular complexity index is 1260. The van der Waals surface area contributed by atoms with Crippen molar-refractivity contribution in [1.82, 2.24) is 35.4 Å². The number of carbonyl (C=O) groups excluding carboxylic acids is 2. The van der Waals surface area contributed by atoms with Gasteiger partial charge < -0.3 is 21.0 Å². The van der Waals surface area contributed by atoms with Crippen LogP contribution in [0.2, 0.25) is 0 Å². The van der Waals surface area contributed by atoms with Crippen LogP contribution in [0.1, 0.15) is 19.5 Å². The fourth-order valence-corrected chi connectivity index (χ4v) is 5.78. The smallest absolute Gasteiger partial charge is 0.352 e. The Kier molecular flexibility index (Phi) is 7.44. The van der Waals surface area contributed by atoms with E-state index in [1.54, 1.807) is 39.1 Å². The third-order valence-electron chi connectivity index (χ3n) is 5.08. The van der Waals surface area contributed by atoms with Crippen molar-refractivity contribution in [3.63, 3.8) is 0 Å². The normalized spacial score (nSPS) is 19.7. The number of nitrogen functional groups attached to an aromatic ring is 1. The van der Waals surface area contributed by atoms with E-state index in [0.29, 0.717) is 22.2 Å². The zero-order valence-electron chi connectivity index (χ0n) is 19.5. The lowest BCUT2D eigenvalue weighted by atomic mass is 10.0. The second-order valence-corrected chi connectivity index (χ2v) is 10.1. The summed E-state index contributed by atoms with van der Waals surface area (Å²) in [5.41, 5.74) is 6.24. The highest BCUT2D eigenvalue weighted by Gasteiger charge is 2.54. The number of oxime groups is 1. The number of rotatable bonds is 9. The van der Waals surface area contributed by atoms with Gasteiger partial charge in [-0.25, -0.2) is 14.5 Å². The van der Waals surface area contributed by atoms with Gasteiger partial charge in [0.1, 0.15) is 34.7 Å². The van der Waals surface area contributed by atoms with Crippen molar-refractivity contribution in [3.8, 4) is 0 Å². The first-order valence-corrected chi connectivity index (χ1v) is 12.7. The zero-order chi connectivity index (χ0) is 26.0. The molecule has 2 aromatic heterocycles. The monoisotopic (exact) mass is 533 g/mol. The first-order chi connectivity index (χ1) is 17.2. The van der Waals surface area contributed by atoms with Gasteiger partial charge in [0.05, 0.1) is 0 Å². The molecule has 1 unspecified atom stereocenters. The van der Waals surface area contributed by atoms with Crippen LogP contribution in [0.5, 0.6) is 0 Å². The fourth-order valence-electron chi connectivity index (χ4n) is 3.45. The highest BCUT2D eigenvalue weighted by Crippen LogP contribution is 2.41. The number of hydrogen-bond donors (Lipinski definition) is 3. The summed E-state index contributed by atoms with van der Waals surface area (Å²) in [5.74, 6) is -1.61. The standard InChI is InChI=1S/C20H23N9O5S2/c1-9(2)34-25-13(11-5-4-6-12(21)22-11)16(30)23-14-17(31)29-15(19(32)33)10(7-35-18(14)29)8-36-20-24-26-27-28(20)3/h4-6,9,14,18H,7-8H2,1-3H3,(H2,21,22)(H,23,30)(H,32,33)/b25-13+/t14?,18-/m1/s1.